The fourth-order valence-electron chi connectivity index (χ4n) is 4.40. The molecule has 0 spiro atoms. The van der Waals surface area contributed by atoms with E-state index in [-0.39, 0.29) is 11.6 Å². The molecule has 3 aliphatic heterocycles. The zero-order valence-electron chi connectivity index (χ0n) is 15.2. The molecule has 0 saturated carbocycles. The first-order chi connectivity index (χ1) is 12.7. The molecule has 1 aromatic carbocycles. The Hall–Kier alpha value is -2.19. The monoisotopic (exact) mass is 350 g/mol. The van der Waals surface area contributed by atoms with E-state index in [9.17, 15) is 4.79 Å². The zero-order valence-corrected chi connectivity index (χ0v) is 15.2. The third-order valence-electron chi connectivity index (χ3n) is 6.04. The van der Waals surface area contributed by atoms with E-state index >= 15 is 0 Å². The molecule has 2 fully saturated rings. The second-order valence-corrected chi connectivity index (χ2v) is 7.76. The highest BCUT2D eigenvalue weighted by atomic mass is 16.2. The summed E-state index contributed by atoms with van der Waals surface area (Å²) in [6.45, 7) is 3.89. The minimum absolute atomic E-state index is 0.247. The summed E-state index contributed by atoms with van der Waals surface area (Å²) >= 11 is 0. The van der Waals surface area contributed by atoms with Gasteiger partial charge in [0.05, 0.1) is 0 Å². The molecule has 3 heterocycles. The van der Waals surface area contributed by atoms with Crippen molar-refractivity contribution in [2.45, 2.75) is 50.4 Å². The second-order valence-electron chi connectivity index (χ2n) is 7.76. The van der Waals surface area contributed by atoms with E-state index in [1.165, 1.54) is 12.0 Å². The van der Waals surface area contributed by atoms with Gasteiger partial charge < -0.3 is 4.90 Å². The summed E-state index contributed by atoms with van der Waals surface area (Å²) < 4.78 is 0. The summed E-state index contributed by atoms with van der Waals surface area (Å²) in [5.41, 5.74) is 1.00. The van der Waals surface area contributed by atoms with Crippen LogP contribution in [0.2, 0.25) is 0 Å². The van der Waals surface area contributed by atoms with Crippen molar-refractivity contribution in [2.75, 3.05) is 19.6 Å². The van der Waals surface area contributed by atoms with Gasteiger partial charge in [0.15, 0.2) is 5.66 Å². The standard InChI is InChI=1S/C21H26N4O/c1-2-3-11-21(22-23-21)12-9-20(26)25-15-18-10-13-24(19(18)16-25)14-17-7-5-4-6-8-17/h1,4-8,18-19H,3,9-16H2/t18-,19+/m0/s1. The van der Waals surface area contributed by atoms with Crippen molar-refractivity contribution in [2.24, 2.45) is 16.1 Å². The van der Waals surface area contributed by atoms with E-state index in [1.807, 2.05) is 0 Å². The Labute approximate surface area is 155 Å². The quantitative estimate of drug-likeness (QED) is 0.710. The van der Waals surface area contributed by atoms with Gasteiger partial charge >= 0.3 is 0 Å². The van der Waals surface area contributed by atoms with E-state index in [4.69, 9.17) is 6.42 Å². The summed E-state index contributed by atoms with van der Waals surface area (Å²) in [4.78, 5) is 17.3. The van der Waals surface area contributed by atoms with Gasteiger partial charge in [-0.3, -0.25) is 9.69 Å². The molecule has 0 bridgehead atoms. The molecule has 0 aromatic heterocycles. The number of hydrogen-bond donors (Lipinski definition) is 0. The van der Waals surface area contributed by atoms with Crippen LogP contribution in [0.3, 0.4) is 0 Å². The van der Waals surface area contributed by atoms with Gasteiger partial charge in [0.1, 0.15) is 0 Å². The fourth-order valence-corrected chi connectivity index (χ4v) is 4.40. The van der Waals surface area contributed by atoms with Crippen molar-refractivity contribution in [3.05, 3.63) is 35.9 Å². The molecule has 5 heteroatoms. The largest absolute Gasteiger partial charge is 0.341 e. The third kappa shape index (κ3) is 3.66. The number of likely N-dealkylation sites (tertiary alicyclic amines) is 2. The van der Waals surface area contributed by atoms with Gasteiger partial charge in [-0.15, -0.1) is 12.3 Å². The van der Waals surface area contributed by atoms with Crippen LogP contribution >= 0.6 is 0 Å². The average Bonchev–Trinajstić information content (AvgIpc) is 3.15. The molecule has 1 amide bonds. The lowest BCUT2D eigenvalue weighted by Crippen LogP contribution is -2.37. The highest BCUT2D eigenvalue weighted by Crippen LogP contribution is 2.38. The number of amides is 1. The summed E-state index contributed by atoms with van der Waals surface area (Å²) in [7, 11) is 0. The van der Waals surface area contributed by atoms with Gasteiger partial charge in [0.25, 0.3) is 0 Å². The van der Waals surface area contributed by atoms with Crippen molar-refractivity contribution < 1.29 is 4.79 Å². The molecule has 2 atom stereocenters. The Morgan fingerprint density at radius 3 is 2.77 bits per heavy atom. The normalized spacial score (nSPS) is 25.9. The number of terminal acetylenes is 1. The Balaban J connectivity index is 1.28. The molecule has 0 N–H and O–H groups in total. The lowest BCUT2D eigenvalue weighted by Gasteiger charge is -2.25. The van der Waals surface area contributed by atoms with Crippen LogP contribution in [0, 0.1) is 18.3 Å². The topological polar surface area (TPSA) is 48.3 Å². The average molecular weight is 350 g/mol. The van der Waals surface area contributed by atoms with E-state index in [0.717, 1.165) is 32.6 Å². The van der Waals surface area contributed by atoms with Crippen LogP contribution in [0.1, 0.15) is 37.7 Å². The number of fused-ring (bicyclic) bond motifs is 1. The highest BCUT2D eigenvalue weighted by molar-refractivity contribution is 5.76. The Morgan fingerprint density at radius 1 is 1.23 bits per heavy atom. The number of hydrogen-bond acceptors (Lipinski definition) is 4. The van der Waals surface area contributed by atoms with Crippen molar-refractivity contribution >= 4 is 5.91 Å². The molecule has 0 radical (unpaired) electrons. The molecule has 136 valence electrons. The minimum atomic E-state index is -0.350. The van der Waals surface area contributed by atoms with Crippen molar-refractivity contribution in [3.8, 4) is 12.3 Å². The van der Waals surface area contributed by atoms with E-state index in [2.05, 4.69) is 56.3 Å². The lowest BCUT2D eigenvalue weighted by molar-refractivity contribution is -0.130. The van der Waals surface area contributed by atoms with E-state index in [0.29, 0.717) is 31.2 Å². The van der Waals surface area contributed by atoms with E-state index < -0.39 is 0 Å². The highest BCUT2D eigenvalue weighted by Gasteiger charge is 2.44. The van der Waals surface area contributed by atoms with Gasteiger partial charge in [0, 0.05) is 51.4 Å². The molecule has 2 saturated heterocycles. The van der Waals surface area contributed by atoms with Gasteiger partial charge in [0.2, 0.25) is 5.91 Å². The number of nitrogens with zero attached hydrogens (tertiary/aromatic N) is 4. The number of benzene rings is 1. The number of carbonyl (C=O) groups is 1. The van der Waals surface area contributed by atoms with Crippen LogP contribution in [0.4, 0.5) is 0 Å². The molecule has 0 aliphatic carbocycles. The lowest BCUT2D eigenvalue weighted by atomic mass is 10.0. The van der Waals surface area contributed by atoms with Crippen LogP contribution in [-0.4, -0.2) is 47.0 Å². The SMILES string of the molecule is C#CCCC1(CCC(=O)N2C[C@@H]3CCN(Cc4ccccc4)[C@@H]3C2)N=N1. The number of rotatable bonds is 7. The third-order valence-corrected chi connectivity index (χ3v) is 6.04. The number of carbonyl (C=O) groups excluding carboxylic acids is 1. The van der Waals surface area contributed by atoms with Crippen LogP contribution in [0.5, 0.6) is 0 Å². The predicted octanol–water partition coefficient (Wildman–Crippen LogP) is 3.08. The van der Waals surface area contributed by atoms with Crippen LogP contribution in [-0.2, 0) is 11.3 Å². The maximum Gasteiger partial charge on any atom is 0.222 e. The van der Waals surface area contributed by atoms with E-state index in [1.54, 1.807) is 0 Å². The first-order valence-electron chi connectivity index (χ1n) is 9.62. The minimum Gasteiger partial charge on any atom is -0.341 e. The zero-order chi connectivity index (χ0) is 18.0. The molecular formula is C21H26N4O. The summed E-state index contributed by atoms with van der Waals surface area (Å²) in [6, 6.07) is 11.1. The van der Waals surface area contributed by atoms with Crippen LogP contribution < -0.4 is 0 Å². The Kier molecular flexibility index (Phi) is 4.78. The Bertz CT molecular complexity index is 717. The maximum absolute atomic E-state index is 12.7. The summed E-state index contributed by atoms with van der Waals surface area (Å²) in [5, 5.41) is 8.27. The molecule has 5 nitrogen and oxygen atoms in total. The van der Waals surface area contributed by atoms with Crippen molar-refractivity contribution in [3.63, 3.8) is 0 Å². The summed E-state index contributed by atoms with van der Waals surface area (Å²) in [6.07, 6.45) is 9.18. The molecule has 3 aliphatic rings. The first-order valence-corrected chi connectivity index (χ1v) is 9.62. The van der Waals surface area contributed by atoms with Gasteiger partial charge in [-0.2, -0.15) is 10.2 Å². The molecule has 0 unspecified atom stereocenters. The van der Waals surface area contributed by atoms with Gasteiger partial charge in [-0.1, -0.05) is 30.3 Å². The second kappa shape index (κ2) is 7.20. The first kappa shape index (κ1) is 17.2. The smallest absolute Gasteiger partial charge is 0.222 e. The predicted molar refractivity (Wildman–Crippen MR) is 100 cm³/mol. The Morgan fingerprint density at radius 2 is 2.04 bits per heavy atom. The molecule has 4 rings (SSSR count). The molecular weight excluding hydrogens is 324 g/mol. The molecule has 26 heavy (non-hydrogen) atoms. The van der Waals surface area contributed by atoms with Crippen molar-refractivity contribution in [1.29, 1.82) is 0 Å². The van der Waals surface area contributed by atoms with Crippen molar-refractivity contribution in [1.82, 2.24) is 9.80 Å². The maximum atomic E-state index is 12.7. The summed E-state index contributed by atoms with van der Waals surface area (Å²) in [5.74, 6) is 3.50. The fraction of sp³-hybridized carbons (Fsp3) is 0.571. The van der Waals surface area contributed by atoms with Gasteiger partial charge in [-0.05, 0) is 24.4 Å². The van der Waals surface area contributed by atoms with Crippen LogP contribution in [0.25, 0.3) is 0 Å². The van der Waals surface area contributed by atoms with Gasteiger partial charge in [-0.25, -0.2) is 0 Å². The molecule has 1 aromatic rings. The van der Waals surface area contributed by atoms with Crippen LogP contribution in [0.15, 0.2) is 40.6 Å².